The van der Waals surface area contributed by atoms with E-state index in [9.17, 15) is 15.3 Å². The molecular formula is C18H15N4O5-. The molecule has 9 heteroatoms. The maximum Gasteiger partial charge on any atom is 0.264 e. The summed E-state index contributed by atoms with van der Waals surface area (Å²) >= 11 is 0. The number of anilines is 2. The average molecular weight is 367 g/mol. The van der Waals surface area contributed by atoms with Crippen molar-refractivity contribution in [1.82, 2.24) is 4.57 Å². The quantitative estimate of drug-likeness (QED) is 0.669. The fourth-order valence-electron chi connectivity index (χ4n) is 2.82. The highest BCUT2D eigenvalue weighted by Gasteiger charge is 2.17. The van der Waals surface area contributed by atoms with E-state index >= 15 is 0 Å². The lowest BCUT2D eigenvalue weighted by Gasteiger charge is -2.22. The summed E-state index contributed by atoms with van der Waals surface area (Å²) in [6.45, 7) is 0. The van der Waals surface area contributed by atoms with E-state index < -0.39 is 5.56 Å². The molecule has 2 aromatic carbocycles. The summed E-state index contributed by atoms with van der Waals surface area (Å²) in [7, 11) is 2.92. The van der Waals surface area contributed by atoms with Crippen LogP contribution in [0.15, 0.2) is 41.2 Å². The highest BCUT2D eigenvalue weighted by molar-refractivity contribution is 5.93. The minimum atomic E-state index is -0.569. The summed E-state index contributed by atoms with van der Waals surface area (Å²) in [6.07, 6.45) is 0. The molecule has 9 nitrogen and oxygen atoms in total. The lowest BCUT2D eigenvalue weighted by atomic mass is 10.1. The number of ether oxygens (including phenoxy) is 2. The lowest BCUT2D eigenvalue weighted by molar-refractivity contribution is 0.296. The van der Waals surface area contributed by atoms with Crippen LogP contribution in [0.4, 0.5) is 11.5 Å². The molecule has 0 bridgehead atoms. The molecule has 3 N–H and O–H groups in total. The standard InChI is InChI=1S/C18H15N4O5/c1-26-12-5-11(6-13(8-12)27-2)21-17(20)16(9-19)14-4-3-10(22(24)25)7-15(14)18(21)23/h3-8,24H,20H2,1-2H3/q-1. The number of fused-ring (bicyclic) bond motifs is 1. The van der Waals surface area contributed by atoms with Gasteiger partial charge in [0.25, 0.3) is 5.56 Å². The number of methoxy groups -OCH3 is 2. The van der Waals surface area contributed by atoms with Gasteiger partial charge in [0.1, 0.15) is 28.9 Å². The zero-order chi connectivity index (χ0) is 19.7. The van der Waals surface area contributed by atoms with Gasteiger partial charge in [0.2, 0.25) is 0 Å². The third kappa shape index (κ3) is 2.99. The van der Waals surface area contributed by atoms with E-state index in [2.05, 4.69) is 0 Å². The molecule has 138 valence electrons. The number of hydrogen-bond donors (Lipinski definition) is 2. The van der Waals surface area contributed by atoms with Crippen molar-refractivity contribution in [1.29, 1.82) is 5.26 Å². The third-order valence-electron chi connectivity index (χ3n) is 4.13. The fraction of sp³-hybridized carbons (Fsp3) is 0.111. The van der Waals surface area contributed by atoms with E-state index in [0.29, 0.717) is 17.2 Å². The van der Waals surface area contributed by atoms with E-state index in [1.54, 1.807) is 18.2 Å². The molecule has 0 saturated carbocycles. The molecule has 0 saturated heterocycles. The lowest BCUT2D eigenvalue weighted by Crippen LogP contribution is -2.23. The van der Waals surface area contributed by atoms with E-state index in [-0.39, 0.29) is 33.1 Å². The van der Waals surface area contributed by atoms with Crippen LogP contribution in [0.1, 0.15) is 5.56 Å². The van der Waals surface area contributed by atoms with Gasteiger partial charge >= 0.3 is 0 Å². The Morgan fingerprint density at radius 1 is 1.15 bits per heavy atom. The SMILES string of the molecule is COc1cc(OC)cc(-n2c(N)c(C#N)c3ccc(N([O-])O)cc3c2=O)c1. The number of pyridine rings is 1. The van der Waals surface area contributed by atoms with Crippen LogP contribution in [0.3, 0.4) is 0 Å². The first-order chi connectivity index (χ1) is 12.9. The van der Waals surface area contributed by atoms with Crippen LogP contribution in [0, 0.1) is 16.5 Å². The number of nitrogen functional groups attached to an aromatic ring is 1. The van der Waals surface area contributed by atoms with Gasteiger partial charge in [0.15, 0.2) is 0 Å². The Bertz CT molecular complexity index is 1110. The molecule has 0 atom stereocenters. The Balaban J connectivity index is 2.43. The molecule has 1 aromatic heterocycles. The van der Waals surface area contributed by atoms with E-state index in [4.69, 9.17) is 20.4 Å². The van der Waals surface area contributed by atoms with Crippen LogP contribution in [0.25, 0.3) is 16.5 Å². The van der Waals surface area contributed by atoms with Crippen LogP contribution in [-0.2, 0) is 0 Å². The average Bonchev–Trinajstić information content (AvgIpc) is 2.67. The Kier molecular flexibility index (Phi) is 4.60. The summed E-state index contributed by atoms with van der Waals surface area (Å²) in [5, 5.41) is 29.8. The van der Waals surface area contributed by atoms with E-state index in [1.807, 2.05) is 6.07 Å². The van der Waals surface area contributed by atoms with Gasteiger partial charge in [0, 0.05) is 23.6 Å². The van der Waals surface area contributed by atoms with Crippen LogP contribution in [0.2, 0.25) is 0 Å². The van der Waals surface area contributed by atoms with Crippen molar-refractivity contribution >= 4 is 22.3 Å². The molecule has 3 rings (SSSR count). The molecule has 0 aliphatic heterocycles. The highest BCUT2D eigenvalue weighted by Crippen LogP contribution is 2.30. The van der Waals surface area contributed by atoms with Gasteiger partial charge in [-0.2, -0.15) is 5.26 Å². The second kappa shape index (κ2) is 6.87. The molecule has 0 unspecified atom stereocenters. The van der Waals surface area contributed by atoms with Gasteiger partial charge in [-0.25, -0.2) is 0 Å². The van der Waals surface area contributed by atoms with Gasteiger partial charge in [-0.15, -0.1) is 0 Å². The van der Waals surface area contributed by atoms with Gasteiger partial charge in [-0.3, -0.25) is 14.6 Å². The van der Waals surface area contributed by atoms with Gasteiger partial charge in [0.05, 0.1) is 31.0 Å². The van der Waals surface area contributed by atoms with Crippen LogP contribution in [-0.4, -0.2) is 24.0 Å². The van der Waals surface area contributed by atoms with Gasteiger partial charge in [-0.05, 0) is 12.1 Å². The van der Waals surface area contributed by atoms with Crippen molar-refractivity contribution in [3.63, 3.8) is 0 Å². The molecular weight excluding hydrogens is 352 g/mol. The molecule has 0 spiro atoms. The molecule has 0 aliphatic rings. The Morgan fingerprint density at radius 2 is 1.78 bits per heavy atom. The molecule has 0 radical (unpaired) electrons. The second-order valence-electron chi connectivity index (χ2n) is 5.59. The second-order valence-corrected chi connectivity index (χ2v) is 5.59. The molecule has 0 amide bonds. The number of aromatic nitrogens is 1. The maximum atomic E-state index is 13.1. The van der Waals surface area contributed by atoms with Crippen molar-refractivity contribution in [2.75, 3.05) is 25.2 Å². The Labute approximate surface area is 153 Å². The summed E-state index contributed by atoms with van der Waals surface area (Å²) in [4.78, 5) is 13.1. The summed E-state index contributed by atoms with van der Waals surface area (Å²) in [6, 6.07) is 10.6. The molecule has 0 fully saturated rings. The van der Waals surface area contributed by atoms with Crippen molar-refractivity contribution in [3.05, 3.63) is 57.5 Å². The van der Waals surface area contributed by atoms with E-state index in [0.717, 1.165) is 4.57 Å². The fourth-order valence-corrected chi connectivity index (χ4v) is 2.82. The largest absolute Gasteiger partial charge is 0.733 e. The predicted molar refractivity (Wildman–Crippen MR) is 99.4 cm³/mol. The minimum absolute atomic E-state index is 0.0509. The smallest absolute Gasteiger partial charge is 0.264 e. The van der Waals surface area contributed by atoms with Crippen molar-refractivity contribution in [2.45, 2.75) is 0 Å². The molecule has 3 aromatic rings. The van der Waals surface area contributed by atoms with E-state index in [1.165, 1.54) is 32.4 Å². The van der Waals surface area contributed by atoms with Crippen molar-refractivity contribution in [3.8, 4) is 23.3 Å². The Morgan fingerprint density at radius 3 is 2.30 bits per heavy atom. The first-order valence-corrected chi connectivity index (χ1v) is 7.69. The number of nitrogens with two attached hydrogens (primary N) is 1. The summed E-state index contributed by atoms with van der Waals surface area (Å²) in [5.41, 5.74) is 5.78. The molecule has 27 heavy (non-hydrogen) atoms. The van der Waals surface area contributed by atoms with Crippen LogP contribution in [0.5, 0.6) is 11.5 Å². The minimum Gasteiger partial charge on any atom is -0.733 e. The van der Waals surface area contributed by atoms with Gasteiger partial charge < -0.3 is 25.6 Å². The number of rotatable bonds is 4. The summed E-state index contributed by atoms with van der Waals surface area (Å²) < 4.78 is 11.5. The number of hydrogen-bond acceptors (Lipinski definition) is 8. The molecule has 1 heterocycles. The molecule has 0 aliphatic carbocycles. The van der Waals surface area contributed by atoms with Crippen LogP contribution < -0.4 is 26.0 Å². The topological polar surface area (TPSA) is 137 Å². The van der Waals surface area contributed by atoms with Gasteiger partial charge in [-0.1, -0.05) is 6.07 Å². The Hall–Kier alpha value is -3.74. The van der Waals surface area contributed by atoms with Crippen LogP contribution >= 0.6 is 0 Å². The monoisotopic (exact) mass is 367 g/mol. The third-order valence-corrected chi connectivity index (χ3v) is 4.13. The van der Waals surface area contributed by atoms with Crippen molar-refractivity contribution in [2.24, 2.45) is 0 Å². The number of benzene rings is 2. The zero-order valence-electron chi connectivity index (χ0n) is 14.5. The van der Waals surface area contributed by atoms with Crippen molar-refractivity contribution < 1.29 is 14.7 Å². The highest BCUT2D eigenvalue weighted by atomic mass is 16.8. The first-order valence-electron chi connectivity index (χ1n) is 7.69. The normalized spacial score (nSPS) is 10.5. The first kappa shape index (κ1) is 18.1. The predicted octanol–water partition coefficient (Wildman–Crippen LogP) is 2.16. The number of nitrogens with zero attached hydrogens (tertiary/aromatic N) is 3. The summed E-state index contributed by atoms with van der Waals surface area (Å²) in [5.74, 6) is 0.772. The number of nitriles is 1. The maximum absolute atomic E-state index is 13.1. The zero-order valence-corrected chi connectivity index (χ0v) is 14.5.